The predicted molar refractivity (Wildman–Crippen MR) is 50.2 cm³/mol. The van der Waals surface area contributed by atoms with Crippen molar-refractivity contribution >= 4 is 19.6 Å². The molecule has 1 heterocycles. The second-order valence-corrected chi connectivity index (χ2v) is 2.80. The van der Waals surface area contributed by atoms with Crippen LogP contribution in [0.5, 0.6) is 0 Å². The molecule has 1 aliphatic rings. The molecule has 1 aliphatic heterocycles. The Morgan fingerprint density at radius 2 is 1.47 bits per heavy atom. The van der Waals surface area contributed by atoms with E-state index in [1.807, 2.05) is 0 Å². The zero-order valence-corrected chi connectivity index (χ0v) is 8.73. The number of hydrogen-bond donors (Lipinski definition) is 0. The average Bonchev–Trinajstić information content (AvgIpc) is 2.66. The molecule has 0 N–H and O–H groups in total. The fraction of sp³-hybridized carbons (Fsp3) is 0.750. The highest BCUT2D eigenvalue weighted by Gasteiger charge is 2.42. The zero-order valence-electron chi connectivity index (χ0n) is 8.73. The van der Waals surface area contributed by atoms with Crippen molar-refractivity contribution in [3.63, 3.8) is 0 Å². The van der Waals surface area contributed by atoms with E-state index in [-0.39, 0.29) is 20.9 Å². The quantitative estimate of drug-likeness (QED) is 0.450. The largest absolute Gasteiger partial charge is 0.464 e. The molecule has 1 unspecified atom stereocenters. The summed E-state index contributed by atoms with van der Waals surface area (Å²) >= 11 is 0. The lowest BCUT2D eigenvalue weighted by atomic mass is 10.2. The van der Waals surface area contributed by atoms with Crippen LogP contribution < -0.4 is 0 Å². The molecule has 2 atom stereocenters. The number of carbonyl (C=O) groups excluding carboxylic acids is 2. The Morgan fingerprint density at radius 3 is 1.80 bits per heavy atom. The molecule has 0 saturated carbocycles. The van der Waals surface area contributed by atoms with Gasteiger partial charge in [0, 0.05) is 0 Å². The van der Waals surface area contributed by atoms with E-state index in [1.165, 1.54) is 0 Å². The van der Waals surface area contributed by atoms with Crippen LogP contribution in [0.2, 0.25) is 0 Å². The summed E-state index contributed by atoms with van der Waals surface area (Å²) in [5.41, 5.74) is 0. The zero-order chi connectivity index (χ0) is 11.3. The summed E-state index contributed by atoms with van der Waals surface area (Å²) in [6.45, 7) is 3.81. The van der Waals surface area contributed by atoms with Gasteiger partial charge in [-0.2, -0.15) is 0 Å². The van der Waals surface area contributed by atoms with Crippen molar-refractivity contribution in [2.24, 2.45) is 0 Å². The summed E-state index contributed by atoms with van der Waals surface area (Å²) in [6, 6.07) is 0. The molecular weight excluding hydrogens is 203 g/mol. The normalized spacial score (nSPS) is 24.4. The van der Waals surface area contributed by atoms with Gasteiger partial charge in [-0.25, -0.2) is 9.59 Å². The van der Waals surface area contributed by atoms with Crippen LogP contribution in [-0.2, 0) is 28.4 Å². The first-order chi connectivity index (χ1) is 7.20. The van der Waals surface area contributed by atoms with Crippen LogP contribution in [0.3, 0.4) is 0 Å². The van der Waals surface area contributed by atoms with Crippen molar-refractivity contribution in [2.75, 3.05) is 13.2 Å². The lowest BCUT2D eigenvalue weighted by Crippen LogP contribution is -2.39. The smallest absolute Gasteiger partial charge is 0.439 e. The molecule has 0 bridgehead atoms. The number of carbonyl (C=O) groups is 2. The SMILES string of the molecule is CCOC(=O)C1OBO[C@@H]1C(=O)OCC. The van der Waals surface area contributed by atoms with Crippen molar-refractivity contribution in [3.8, 4) is 0 Å². The first kappa shape index (κ1) is 12.0. The minimum absolute atomic E-state index is 0.104. The van der Waals surface area contributed by atoms with Gasteiger partial charge in [0.1, 0.15) is 0 Å². The molecule has 0 aromatic rings. The fourth-order valence-corrected chi connectivity index (χ4v) is 1.19. The Hall–Kier alpha value is -1.08. The van der Waals surface area contributed by atoms with Gasteiger partial charge in [-0.3, -0.25) is 0 Å². The Labute approximate surface area is 88.1 Å². The minimum atomic E-state index is -1.01. The van der Waals surface area contributed by atoms with Gasteiger partial charge < -0.3 is 18.8 Å². The van der Waals surface area contributed by atoms with E-state index in [4.69, 9.17) is 18.8 Å². The lowest BCUT2D eigenvalue weighted by molar-refractivity contribution is -0.163. The van der Waals surface area contributed by atoms with E-state index in [0.717, 1.165) is 0 Å². The monoisotopic (exact) mass is 216 g/mol. The van der Waals surface area contributed by atoms with Gasteiger partial charge in [0.25, 0.3) is 0 Å². The Balaban J connectivity index is 2.56. The van der Waals surface area contributed by atoms with Crippen molar-refractivity contribution in [2.45, 2.75) is 26.1 Å². The van der Waals surface area contributed by atoms with E-state index in [2.05, 4.69) is 0 Å². The van der Waals surface area contributed by atoms with Crippen LogP contribution in [0, 0.1) is 0 Å². The summed E-state index contributed by atoms with van der Waals surface area (Å²) in [4.78, 5) is 22.7. The molecular formula is C8H13BO6. The van der Waals surface area contributed by atoms with Crippen LogP contribution in [-0.4, -0.2) is 45.0 Å². The van der Waals surface area contributed by atoms with Gasteiger partial charge in [0.05, 0.1) is 13.2 Å². The molecule has 1 rings (SSSR count). The summed E-state index contributed by atoms with van der Waals surface area (Å²) in [5.74, 6) is -1.21. The lowest BCUT2D eigenvalue weighted by Gasteiger charge is -2.15. The fourth-order valence-electron chi connectivity index (χ4n) is 1.19. The third-order valence-corrected chi connectivity index (χ3v) is 1.81. The highest BCUT2D eigenvalue weighted by Crippen LogP contribution is 2.14. The van der Waals surface area contributed by atoms with Crippen LogP contribution in [0.1, 0.15) is 13.8 Å². The Bertz CT molecular complexity index is 219. The summed E-state index contributed by atoms with van der Waals surface area (Å²) in [6.07, 6.45) is -2.02. The second kappa shape index (κ2) is 5.72. The maximum atomic E-state index is 11.3. The van der Waals surface area contributed by atoms with Crippen molar-refractivity contribution in [1.82, 2.24) is 0 Å². The molecule has 0 spiro atoms. The van der Waals surface area contributed by atoms with Gasteiger partial charge >= 0.3 is 19.6 Å². The van der Waals surface area contributed by atoms with Crippen LogP contribution >= 0.6 is 0 Å². The second-order valence-electron chi connectivity index (χ2n) is 2.80. The molecule has 84 valence electrons. The number of hydrogen-bond acceptors (Lipinski definition) is 6. The number of ether oxygens (including phenoxy) is 2. The van der Waals surface area contributed by atoms with E-state index >= 15 is 0 Å². The third-order valence-electron chi connectivity index (χ3n) is 1.81. The van der Waals surface area contributed by atoms with E-state index in [9.17, 15) is 9.59 Å². The molecule has 1 fully saturated rings. The molecule has 0 aliphatic carbocycles. The van der Waals surface area contributed by atoms with Crippen LogP contribution in [0.25, 0.3) is 0 Å². The van der Waals surface area contributed by atoms with Crippen molar-refractivity contribution in [1.29, 1.82) is 0 Å². The maximum Gasteiger partial charge on any atom is 0.439 e. The summed E-state index contributed by atoms with van der Waals surface area (Å²) < 4.78 is 19.4. The molecule has 0 aromatic carbocycles. The molecule has 0 radical (unpaired) electrons. The average molecular weight is 216 g/mol. The van der Waals surface area contributed by atoms with Crippen molar-refractivity contribution in [3.05, 3.63) is 0 Å². The van der Waals surface area contributed by atoms with E-state index in [1.54, 1.807) is 13.8 Å². The molecule has 15 heavy (non-hydrogen) atoms. The first-order valence-corrected chi connectivity index (χ1v) is 4.77. The summed E-state index contributed by atoms with van der Waals surface area (Å²) in [5, 5.41) is 0. The predicted octanol–water partition coefficient (Wildman–Crippen LogP) is -0.837. The first-order valence-electron chi connectivity index (χ1n) is 4.77. The molecule has 0 aromatic heterocycles. The van der Waals surface area contributed by atoms with E-state index < -0.39 is 24.1 Å². The van der Waals surface area contributed by atoms with Gasteiger partial charge in [-0.1, -0.05) is 0 Å². The molecule has 0 amide bonds. The molecule has 1 saturated heterocycles. The van der Waals surface area contributed by atoms with Crippen LogP contribution in [0.15, 0.2) is 0 Å². The topological polar surface area (TPSA) is 71.1 Å². The highest BCUT2D eigenvalue weighted by molar-refractivity contribution is 6.21. The van der Waals surface area contributed by atoms with E-state index in [0.29, 0.717) is 0 Å². The number of esters is 2. The van der Waals surface area contributed by atoms with Gasteiger partial charge in [0.2, 0.25) is 0 Å². The summed E-state index contributed by atoms with van der Waals surface area (Å²) in [7, 11) is -0.104. The van der Waals surface area contributed by atoms with Gasteiger partial charge in [0.15, 0.2) is 12.2 Å². The third kappa shape index (κ3) is 2.94. The Kier molecular flexibility index (Phi) is 4.58. The van der Waals surface area contributed by atoms with Gasteiger partial charge in [-0.05, 0) is 13.8 Å². The minimum Gasteiger partial charge on any atom is -0.464 e. The maximum absolute atomic E-state index is 11.3. The Morgan fingerprint density at radius 1 is 1.07 bits per heavy atom. The van der Waals surface area contributed by atoms with Crippen molar-refractivity contribution < 1.29 is 28.4 Å². The molecule has 6 nitrogen and oxygen atoms in total. The number of rotatable bonds is 4. The standard InChI is InChI=1S/C8H13BO6/c1-3-12-7(10)5-6(15-9-14-5)8(11)13-4-2/h5-6,9H,3-4H2,1-2H3/t5-,6?/m0/s1. The highest BCUT2D eigenvalue weighted by atomic mass is 16.7. The van der Waals surface area contributed by atoms with Crippen LogP contribution in [0.4, 0.5) is 0 Å². The van der Waals surface area contributed by atoms with Gasteiger partial charge in [-0.15, -0.1) is 0 Å². The molecule has 7 heteroatoms.